The maximum absolute atomic E-state index is 12.5. The molecule has 0 saturated heterocycles. The largest absolute Gasteiger partial charge is 0.359 e. The molecule has 3 atom stereocenters. The van der Waals surface area contributed by atoms with Gasteiger partial charge in [-0.2, -0.15) is 4.98 Å². The first kappa shape index (κ1) is 17.7. The van der Waals surface area contributed by atoms with Gasteiger partial charge < -0.3 is 15.2 Å². The highest BCUT2D eigenvalue weighted by Gasteiger charge is 2.43. The molecule has 1 heterocycles. The van der Waals surface area contributed by atoms with Gasteiger partial charge in [0.2, 0.25) is 23.5 Å². The molecule has 7 nitrogen and oxygen atoms in total. The third kappa shape index (κ3) is 3.59. The van der Waals surface area contributed by atoms with Crippen molar-refractivity contribution in [3.8, 4) is 11.4 Å². The second-order valence-electron chi connectivity index (χ2n) is 7.45. The minimum atomic E-state index is -0.168. The molecule has 4 rings (SSSR count). The summed E-state index contributed by atoms with van der Waals surface area (Å²) >= 11 is 0. The summed E-state index contributed by atoms with van der Waals surface area (Å²) in [5.41, 5.74) is 0.878. The van der Waals surface area contributed by atoms with E-state index in [2.05, 4.69) is 20.8 Å². The van der Waals surface area contributed by atoms with Crippen LogP contribution in [0.5, 0.6) is 0 Å². The van der Waals surface area contributed by atoms with Crippen molar-refractivity contribution in [1.29, 1.82) is 0 Å². The molecule has 1 aromatic carbocycles. The molecule has 2 amide bonds. The van der Waals surface area contributed by atoms with Crippen molar-refractivity contribution >= 4 is 11.8 Å². The molecule has 0 radical (unpaired) electrons. The van der Waals surface area contributed by atoms with E-state index in [1.54, 1.807) is 7.05 Å². The molecule has 0 unspecified atom stereocenters. The Hall–Kier alpha value is -2.70. The van der Waals surface area contributed by atoms with Gasteiger partial charge in [-0.05, 0) is 25.7 Å². The normalized spacial score (nSPS) is 25.0. The molecular weight excluding hydrogens is 344 g/mol. The third-order valence-electron chi connectivity index (χ3n) is 5.77. The van der Waals surface area contributed by atoms with Crippen molar-refractivity contribution in [3.63, 3.8) is 0 Å². The second kappa shape index (κ2) is 7.50. The summed E-state index contributed by atoms with van der Waals surface area (Å²) in [5, 5.41) is 9.95. The van der Waals surface area contributed by atoms with Crippen molar-refractivity contribution in [2.45, 2.75) is 44.1 Å². The first-order valence-corrected chi connectivity index (χ1v) is 9.56. The zero-order valence-corrected chi connectivity index (χ0v) is 15.4. The Bertz CT molecular complexity index is 816. The average Bonchev–Trinajstić information content (AvgIpc) is 3.27. The van der Waals surface area contributed by atoms with Gasteiger partial charge in [-0.1, -0.05) is 41.9 Å². The van der Waals surface area contributed by atoms with E-state index in [9.17, 15) is 9.59 Å². The van der Waals surface area contributed by atoms with Crippen LogP contribution >= 0.6 is 0 Å². The Kier molecular flexibility index (Phi) is 4.92. The van der Waals surface area contributed by atoms with E-state index in [-0.39, 0.29) is 35.6 Å². The van der Waals surface area contributed by atoms with Crippen molar-refractivity contribution in [2.75, 3.05) is 7.05 Å². The van der Waals surface area contributed by atoms with Gasteiger partial charge >= 0.3 is 0 Å². The number of rotatable bonds is 5. The Morgan fingerprint density at radius 3 is 2.52 bits per heavy atom. The molecule has 2 aliphatic rings. The first-order valence-electron chi connectivity index (χ1n) is 9.56. The third-order valence-corrected chi connectivity index (χ3v) is 5.77. The molecule has 7 heteroatoms. The van der Waals surface area contributed by atoms with Crippen LogP contribution in [0.15, 0.2) is 34.9 Å². The van der Waals surface area contributed by atoms with Gasteiger partial charge in [0, 0.05) is 30.5 Å². The summed E-state index contributed by atoms with van der Waals surface area (Å²) in [4.78, 5) is 29.2. The quantitative estimate of drug-likeness (QED) is 0.844. The molecule has 0 bridgehead atoms. The zero-order valence-electron chi connectivity index (χ0n) is 15.4. The monoisotopic (exact) mass is 368 g/mol. The molecule has 0 spiro atoms. The van der Waals surface area contributed by atoms with Crippen molar-refractivity contribution in [2.24, 2.45) is 11.8 Å². The number of aromatic nitrogens is 2. The van der Waals surface area contributed by atoms with Crippen LogP contribution in [0.2, 0.25) is 0 Å². The number of benzene rings is 1. The molecule has 2 fully saturated rings. The number of carbonyl (C=O) groups is 2. The summed E-state index contributed by atoms with van der Waals surface area (Å²) in [6, 6.07) is 9.46. The van der Waals surface area contributed by atoms with Gasteiger partial charge in [-0.3, -0.25) is 9.59 Å². The molecule has 2 saturated carbocycles. The van der Waals surface area contributed by atoms with Gasteiger partial charge in [-0.25, -0.2) is 0 Å². The van der Waals surface area contributed by atoms with E-state index in [4.69, 9.17) is 4.52 Å². The fourth-order valence-corrected chi connectivity index (χ4v) is 3.95. The zero-order chi connectivity index (χ0) is 18.8. The number of carbonyl (C=O) groups excluding carboxylic acids is 2. The predicted octanol–water partition coefficient (Wildman–Crippen LogP) is 2.26. The minimum absolute atomic E-state index is 0.0109. The maximum atomic E-state index is 12.5. The fraction of sp³-hybridized carbons (Fsp3) is 0.500. The van der Waals surface area contributed by atoms with Crippen molar-refractivity contribution in [3.05, 3.63) is 36.2 Å². The number of hydrogen-bond donors (Lipinski definition) is 2. The van der Waals surface area contributed by atoms with Crippen LogP contribution in [-0.4, -0.2) is 35.0 Å². The lowest BCUT2D eigenvalue weighted by atomic mass is 9.84. The highest BCUT2D eigenvalue weighted by atomic mass is 16.5. The molecule has 2 aromatic rings. The lowest BCUT2D eigenvalue weighted by Gasteiger charge is -2.27. The second-order valence-corrected chi connectivity index (χ2v) is 7.45. The molecule has 27 heavy (non-hydrogen) atoms. The molecule has 2 N–H and O–H groups in total. The number of amides is 2. The fourth-order valence-electron chi connectivity index (χ4n) is 3.95. The van der Waals surface area contributed by atoms with Crippen LogP contribution in [0.1, 0.15) is 43.9 Å². The van der Waals surface area contributed by atoms with E-state index >= 15 is 0 Å². The summed E-state index contributed by atoms with van der Waals surface area (Å²) < 4.78 is 5.53. The number of nitrogens with zero attached hydrogens (tertiary/aromatic N) is 2. The van der Waals surface area contributed by atoms with Crippen LogP contribution in [0, 0.1) is 11.8 Å². The Balaban J connectivity index is 1.54. The maximum Gasteiger partial charge on any atom is 0.232 e. The van der Waals surface area contributed by atoms with E-state index in [1.165, 1.54) is 0 Å². The van der Waals surface area contributed by atoms with Crippen LogP contribution in [0.4, 0.5) is 0 Å². The van der Waals surface area contributed by atoms with Crippen LogP contribution in [0.3, 0.4) is 0 Å². The predicted molar refractivity (Wildman–Crippen MR) is 98.5 cm³/mol. The lowest BCUT2D eigenvalue weighted by molar-refractivity contribution is -0.128. The smallest absolute Gasteiger partial charge is 0.232 e. The lowest BCUT2D eigenvalue weighted by Crippen LogP contribution is -2.42. The highest BCUT2D eigenvalue weighted by molar-refractivity contribution is 5.81. The van der Waals surface area contributed by atoms with E-state index in [1.807, 2.05) is 30.3 Å². The average molecular weight is 368 g/mol. The van der Waals surface area contributed by atoms with Gasteiger partial charge in [0.15, 0.2) is 0 Å². The molecular formula is C20H24N4O3. The summed E-state index contributed by atoms with van der Waals surface area (Å²) in [6.45, 7) is 0. The Labute approximate surface area is 157 Å². The van der Waals surface area contributed by atoms with Gasteiger partial charge in [-0.15, -0.1) is 0 Å². The molecule has 142 valence electrons. The van der Waals surface area contributed by atoms with Gasteiger partial charge in [0.25, 0.3) is 0 Å². The van der Waals surface area contributed by atoms with E-state index in [0.29, 0.717) is 24.6 Å². The van der Waals surface area contributed by atoms with Crippen molar-refractivity contribution < 1.29 is 14.1 Å². The van der Waals surface area contributed by atoms with E-state index < -0.39 is 0 Å². The first-order chi connectivity index (χ1) is 13.2. The van der Waals surface area contributed by atoms with Crippen molar-refractivity contribution in [1.82, 2.24) is 20.8 Å². The summed E-state index contributed by atoms with van der Waals surface area (Å²) in [7, 11) is 1.64. The van der Waals surface area contributed by atoms with Gasteiger partial charge in [0.1, 0.15) is 0 Å². The number of hydrogen-bond acceptors (Lipinski definition) is 5. The number of nitrogens with one attached hydrogen (secondary N) is 2. The topological polar surface area (TPSA) is 97.1 Å². The Morgan fingerprint density at radius 1 is 1.07 bits per heavy atom. The SMILES string of the molecule is CNC(=O)[C@H]1C[C@H](NC(=O)C2CCC2)[C@H](c2nc(-c3ccccc3)no2)C1. The standard InChI is InChI=1S/C20H24N4O3/c1-21-18(25)14-10-15(16(11-14)22-19(26)13-8-5-9-13)20-23-17(24-27-20)12-6-3-2-4-7-12/h2-4,6-7,13-16H,5,8-11H2,1H3,(H,21,25)(H,22,26)/t14-,15-,16+/m1/s1. The van der Waals surface area contributed by atoms with Gasteiger partial charge in [0.05, 0.1) is 5.92 Å². The molecule has 0 aliphatic heterocycles. The van der Waals surface area contributed by atoms with Crippen LogP contribution in [-0.2, 0) is 9.59 Å². The highest BCUT2D eigenvalue weighted by Crippen LogP contribution is 2.39. The summed E-state index contributed by atoms with van der Waals surface area (Å²) in [6.07, 6.45) is 4.18. The minimum Gasteiger partial charge on any atom is -0.359 e. The summed E-state index contributed by atoms with van der Waals surface area (Å²) in [5.74, 6) is 0.865. The Morgan fingerprint density at radius 2 is 1.85 bits per heavy atom. The molecule has 1 aromatic heterocycles. The van der Waals surface area contributed by atoms with E-state index in [0.717, 1.165) is 24.8 Å². The van der Waals surface area contributed by atoms with Crippen LogP contribution in [0.25, 0.3) is 11.4 Å². The molecule has 2 aliphatic carbocycles. The van der Waals surface area contributed by atoms with Crippen LogP contribution < -0.4 is 10.6 Å².